The highest BCUT2D eigenvalue weighted by molar-refractivity contribution is 7.84. The van der Waals surface area contributed by atoms with Gasteiger partial charge in [0, 0.05) is 0 Å². The van der Waals surface area contributed by atoms with Crippen LogP contribution in [0.25, 0.3) is 0 Å². The topological polar surface area (TPSA) is 20.1 Å². The van der Waals surface area contributed by atoms with E-state index in [1.54, 1.807) is 0 Å². The molecule has 4 heteroatoms. The molecule has 0 radical (unpaired) electrons. The summed E-state index contributed by atoms with van der Waals surface area (Å²) in [7, 11) is -2.28. The van der Waals surface area contributed by atoms with Gasteiger partial charge in [-0.15, -0.1) is 5.54 Å². The Morgan fingerprint density at radius 3 is 2.06 bits per heavy atom. The highest BCUT2D eigenvalue weighted by Gasteiger charge is 2.54. The third kappa shape index (κ3) is 3.94. The largest absolute Gasteiger partial charge is 0.242 e. The van der Waals surface area contributed by atoms with Crippen molar-refractivity contribution in [1.29, 1.82) is 0 Å². The van der Waals surface area contributed by atoms with E-state index in [1.165, 1.54) is 0 Å². The Kier molecular flexibility index (Phi) is 4.52. The Labute approximate surface area is 116 Å². The Morgan fingerprint density at radius 1 is 1.22 bits per heavy atom. The molecule has 0 aromatic rings. The molecule has 0 amide bonds. The van der Waals surface area contributed by atoms with Gasteiger partial charge in [0.15, 0.2) is 0 Å². The fourth-order valence-corrected chi connectivity index (χ4v) is 3.98. The lowest BCUT2D eigenvalue weighted by Crippen LogP contribution is -2.29. The van der Waals surface area contributed by atoms with Crippen molar-refractivity contribution in [2.45, 2.75) is 71.1 Å². The SMILES string of the molecule is CC(C)[C@@H]1[C@@H](C#C[Si](C)(C)C)N1[S@](=O)C(C)(C)C. The van der Waals surface area contributed by atoms with Crippen molar-refractivity contribution in [3.8, 4) is 11.5 Å². The molecule has 0 aromatic carbocycles. The van der Waals surface area contributed by atoms with Crippen molar-refractivity contribution in [1.82, 2.24) is 4.31 Å². The molecule has 18 heavy (non-hydrogen) atoms. The summed E-state index contributed by atoms with van der Waals surface area (Å²) < 4.78 is 14.4. The first-order valence-corrected chi connectivity index (χ1v) is 11.3. The first kappa shape index (κ1) is 15.9. The van der Waals surface area contributed by atoms with Gasteiger partial charge in [-0.1, -0.05) is 39.4 Å². The molecule has 1 saturated heterocycles. The number of hydrogen-bond donors (Lipinski definition) is 0. The summed E-state index contributed by atoms with van der Waals surface area (Å²) in [4.78, 5) is 0. The minimum atomic E-state index is -1.34. The molecule has 1 fully saturated rings. The minimum Gasteiger partial charge on any atom is -0.242 e. The van der Waals surface area contributed by atoms with Crippen LogP contribution in [0.2, 0.25) is 19.6 Å². The predicted molar refractivity (Wildman–Crippen MR) is 83.3 cm³/mol. The molecule has 0 bridgehead atoms. The maximum Gasteiger partial charge on any atom is 0.129 e. The molecular weight excluding hydrogens is 258 g/mol. The monoisotopic (exact) mass is 285 g/mol. The van der Waals surface area contributed by atoms with E-state index < -0.39 is 19.1 Å². The van der Waals surface area contributed by atoms with Crippen LogP contribution in [0, 0.1) is 17.4 Å². The van der Waals surface area contributed by atoms with Crippen LogP contribution in [0.5, 0.6) is 0 Å². The first-order valence-electron chi connectivity index (χ1n) is 6.68. The maximum absolute atomic E-state index is 12.5. The van der Waals surface area contributed by atoms with Crippen molar-refractivity contribution in [2.24, 2.45) is 5.92 Å². The van der Waals surface area contributed by atoms with Crippen molar-refractivity contribution in [3.63, 3.8) is 0 Å². The lowest BCUT2D eigenvalue weighted by Gasteiger charge is -2.19. The van der Waals surface area contributed by atoms with E-state index in [4.69, 9.17) is 0 Å². The normalized spacial score (nSPS) is 29.7. The average Bonchev–Trinajstić information content (AvgIpc) is 2.84. The lowest BCUT2D eigenvalue weighted by molar-refractivity contribution is 0.547. The van der Waals surface area contributed by atoms with Gasteiger partial charge >= 0.3 is 0 Å². The molecule has 0 aliphatic carbocycles. The Hall–Kier alpha value is -0.113. The van der Waals surface area contributed by atoms with Crippen molar-refractivity contribution < 1.29 is 4.21 Å². The van der Waals surface area contributed by atoms with Gasteiger partial charge in [-0.05, 0) is 26.7 Å². The maximum atomic E-state index is 12.5. The molecule has 1 rings (SSSR count). The molecule has 1 heterocycles. The third-order valence-electron chi connectivity index (χ3n) is 2.80. The molecule has 104 valence electrons. The number of rotatable bonds is 2. The van der Waals surface area contributed by atoms with Crippen LogP contribution >= 0.6 is 0 Å². The smallest absolute Gasteiger partial charge is 0.129 e. The van der Waals surface area contributed by atoms with Gasteiger partial charge in [0.05, 0.1) is 16.8 Å². The lowest BCUT2D eigenvalue weighted by atomic mass is 10.1. The van der Waals surface area contributed by atoms with E-state index in [2.05, 4.69) is 49.3 Å². The molecular formula is C14H27NOSSi. The second kappa shape index (κ2) is 5.11. The third-order valence-corrected chi connectivity index (χ3v) is 5.59. The van der Waals surface area contributed by atoms with Gasteiger partial charge in [0.25, 0.3) is 0 Å². The number of hydrogen-bond acceptors (Lipinski definition) is 1. The second-order valence-electron chi connectivity index (χ2n) is 7.42. The molecule has 0 saturated carbocycles. The highest BCUT2D eigenvalue weighted by Crippen LogP contribution is 2.39. The van der Waals surface area contributed by atoms with Crippen molar-refractivity contribution in [2.75, 3.05) is 0 Å². The molecule has 0 spiro atoms. The fraction of sp³-hybridized carbons (Fsp3) is 0.857. The Morgan fingerprint density at radius 2 is 1.72 bits per heavy atom. The first-order chi connectivity index (χ1) is 7.95. The molecule has 1 unspecified atom stereocenters. The molecule has 0 aromatic heterocycles. The van der Waals surface area contributed by atoms with E-state index in [0.29, 0.717) is 12.0 Å². The Balaban J connectivity index is 2.86. The van der Waals surface area contributed by atoms with Crippen LogP contribution in [-0.2, 0) is 11.0 Å². The highest BCUT2D eigenvalue weighted by atomic mass is 32.2. The van der Waals surface area contributed by atoms with Crippen molar-refractivity contribution >= 4 is 19.1 Å². The van der Waals surface area contributed by atoms with Gasteiger partial charge in [0.2, 0.25) is 0 Å². The standard InChI is InChI=1S/C14H27NOSSi/c1-11(2)13-12(9-10-18(6,7)8)15(13)17(16)14(3,4)5/h11-13H,1-8H3/t12-,13-,15?,17-/m1/s1. The molecule has 2 nitrogen and oxygen atoms in total. The summed E-state index contributed by atoms with van der Waals surface area (Å²) in [6, 6.07) is 0.575. The fourth-order valence-electron chi connectivity index (χ4n) is 1.86. The van der Waals surface area contributed by atoms with Gasteiger partial charge < -0.3 is 0 Å². The zero-order valence-corrected chi connectivity index (χ0v) is 14.8. The summed E-state index contributed by atoms with van der Waals surface area (Å²) >= 11 is 0. The van der Waals surface area contributed by atoms with Gasteiger partial charge in [-0.3, -0.25) is 0 Å². The number of nitrogens with zero attached hydrogens (tertiary/aromatic N) is 1. The van der Waals surface area contributed by atoms with E-state index >= 15 is 0 Å². The van der Waals surface area contributed by atoms with Crippen LogP contribution in [0.4, 0.5) is 0 Å². The molecule has 1 aliphatic rings. The van der Waals surface area contributed by atoms with E-state index in [1.807, 2.05) is 20.8 Å². The second-order valence-corrected chi connectivity index (χ2v) is 14.3. The van der Waals surface area contributed by atoms with Crippen LogP contribution in [-0.4, -0.2) is 33.4 Å². The Bertz CT molecular complexity index is 395. The molecule has 0 N–H and O–H groups in total. The van der Waals surface area contributed by atoms with Crippen LogP contribution in [0.15, 0.2) is 0 Å². The summed E-state index contributed by atoms with van der Waals surface area (Å²) in [5, 5.41) is 0. The molecule has 4 atom stereocenters. The van der Waals surface area contributed by atoms with Gasteiger partial charge in [-0.25, -0.2) is 8.51 Å². The predicted octanol–water partition coefficient (Wildman–Crippen LogP) is 3.04. The van der Waals surface area contributed by atoms with Crippen LogP contribution in [0.3, 0.4) is 0 Å². The van der Waals surface area contributed by atoms with Crippen LogP contribution < -0.4 is 0 Å². The van der Waals surface area contributed by atoms with E-state index in [9.17, 15) is 4.21 Å². The minimum absolute atomic E-state index is 0.192. The van der Waals surface area contributed by atoms with Crippen LogP contribution in [0.1, 0.15) is 34.6 Å². The van der Waals surface area contributed by atoms with Gasteiger partial charge in [0.1, 0.15) is 19.1 Å². The van der Waals surface area contributed by atoms with Gasteiger partial charge in [-0.2, -0.15) is 0 Å². The average molecular weight is 286 g/mol. The quantitative estimate of drug-likeness (QED) is 0.434. The molecule has 1 aliphatic heterocycles. The summed E-state index contributed by atoms with van der Waals surface area (Å²) in [6.45, 7) is 17.2. The van der Waals surface area contributed by atoms with E-state index in [0.717, 1.165) is 0 Å². The zero-order valence-electron chi connectivity index (χ0n) is 13.0. The summed E-state index contributed by atoms with van der Waals surface area (Å²) in [6.07, 6.45) is 0. The zero-order chi connectivity index (χ0) is 14.3. The van der Waals surface area contributed by atoms with Crippen molar-refractivity contribution in [3.05, 3.63) is 0 Å². The summed E-state index contributed by atoms with van der Waals surface area (Å²) in [5.41, 5.74) is 3.42. The summed E-state index contributed by atoms with van der Waals surface area (Å²) in [5.74, 6) is 3.89. The van der Waals surface area contributed by atoms with E-state index in [-0.39, 0.29) is 10.8 Å².